The second-order valence-electron chi connectivity index (χ2n) is 6.81. The van der Waals surface area contributed by atoms with E-state index in [2.05, 4.69) is 0 Å². The van der Waals surface area contributed by atoms with E-state index in [0.29, 0.717) is 25.0 Å². The van der Waals surface area contributed by atoms with E-state index in [1.807, 2.05) is 6.92 Å². The van der Waals surface area contributed by atoms with Crippen LogP contribution in [0.15, 0.2) is 53.4 Å². The molecule has 29 heavy (non-hydrogen) atoms. The molecule has 160 valence electrons. The van der Waals surface area contributed by atoms with Crippen LogP contribution in [0, 0.1) is 6.92 Å². The summed E-state index contributed by atoms with van der Waals surface area (Å²) in [7, 11) is -2.44. The highest BCUT2D eigenvalue weighted by atomic mass is 32.2. The smallest absolute Gasteiger partial charge is 0.395 e. The second kappa shape index (κ2) is 10.1. The molecule has 2 aromatic carbocycles. The van der Waals surface area contributed by atoms with Gasteiger partial charge in [0.05, 0.1) is 24.5 Å². The van der Waals surface area contributed by atoms with Gasteiger partial charge in [-0.05, 0) is 49.6 Å². The molecule has 8 heteroatoms. The summed E-state index contributed by atoms with van der Waals surface area (Å²) in [6, 6.07) is 12.3. The highest BCUT2D eigenvalue weighted by molar-refractivity contribution is 7.86. The molecule has 4 nitrogen and oxygen atoms in total. The minimum Gasteiger partial charge on any atom is -0.497 e. The van der Waals surface area contributed by atoms with E-state index in [1.54, 1.807) is 18.2 Å². The number of alkyl halides is 3. The van der Waals surface area contributed by atoms with Crippen LogP contribution in [0.4, 0.5) is 13.2 Å². The molecule has 0 saturated carbocycles. The number of rotatable bonds is 10. The zero-order valence-corrected chi connectivity index (χ0v) is 17.2. The summed E-state index contributed by atoms with van der Waals surface area (Å²) in [6.45, 7) is 1.78. The number of ether oxygens (including phenoxy) is 1. The molecular weight excluding hydrogens is 405 g/mol. The Morgan fingerprint density at radius 1 is 1.00 bits per heavy atom. The molecule has 0 aliphatic heterocycles. The molecule has 0 spiro atoms. The van der Waals surface area contributed by atoms with Crippen molar-refractivity contribution in [2.45, 2.75) is 49.6 Å². The molecule has 2 aromatic rings. The van der Waals surface area contributed by atoms with Crippen LogP contribution in [0.1, 0.15) is 42.7 Å². The van der Waals surface area contributed by atoms with Gasteiger partial charge in [-0.1, -0.05) is 42.7 Å². The first-order valence-electron chi connectivity index (χ1n) is 9.30. The van der Waals surface area contributed by atoms with Crippen molar-refractivity contribution >= 4 is 10.1 Å². The zero-order chi connectivity index (χ0) is 21.5. The Kier molecular flexibility index (Phi) is 8.10. The number of hydrogen-bond acceptors (Lipinski definition) is 4. The summed E-state index contributed by atoms with van der Waals surface area (Å²) in [5.41, 5.74) is 1.09. The van der Waals surface area contributed by atoms with Crippen molar-refractivity contribution in [1.29, 1.82) is 0 Å². The van der Waals surface area contributed by atoms with Gasteiger partial charge in [0.25, 0.3) is 10.1 Å². The Morgan fingerprint density at radius 3 is 2.31 bits per heavy atom. The number of halogens is 3. The number of hydrogen-bond donors (Lipinski definition) is 0. The maximum absolute atomic E-state index is 13.4. The fourth-order valence-corrected chi connectivity index (χ4v) is 3.89. The summed E-state index contributed by atoms with van der Waals surface area (Å²) < 4.78 is 74.5. The third-order valence-electron chi connectivity index (χ3n) is 4.58. The van der Waals surface area contributed by atoms with Gasteiger partial charge in [-0.3, -0.25) is 4.18 Å². The van der Waals surface area contributed by atoms with E-state index < -0.39 is 22.2 Å². The van der Waals surface area contributed by atoms with Crippen molar-refractivity contribution in [3.63, 3.8) is 0 Å². The standard InChI is InChI=1S/C21H25F3O4S/c1-16-10-12-19(13-11-16)29(25,26)28-14-5-3-4-9-20(21(22,23)24)17-7-6-8-18(15-17)27-2/h6-8,10-13,15,20H,3-5,9,14H2,1-2H3/t20-/m1/s1. The number of unbranched alkanes of at least 4 members (excludes halogenated alkanes) is 2. The molecule has 0 N–H and O–H groups in total. The summed E-state index contributed by atoms with van der Waals surface area (Å²) in [5.74, 6) is -1.21. The fourth-order valence-electron chi connectivity index (χ4n) is 2.95. The summed E-state index contributed by atoms with van der Waals surface area (Å²) in [5, 5.41) is 0. The first-order chi connectivity index (χ1) is 13.6. The van der Waals surface area contributed by atoms with Crippen LogP contribution in [0.25, 0.3) is 0 Å². The Bertz CT molecular complexity index is 878. The van der Waals surface area contributed by atoms with Gasteiger partial charge in [-0.15, -0.1) is 0 Å². The lowest BCUT2D eigenvalue weighted by molar-refractivity contribution is -0.152. The van der Waals surface area contributed by atoms with E-state index in [4.69, 9.17) is 8.92 Å². The molecule has 1 atom stereocenters. The topological polar surface area (TPSA) is 52.6 Å². The first-order valence-corrected chi connectivity index (χ1v) is 10.7. The summed E-state index contributed by atoms with van der Waals surface area (Å²) in [6.07, 6.45) is -3.36. The van der Waals surface area contributed by atoms with E-state index in [0.717, 1.165) is 5.56 Å². The molecule has 2 rings (SSSR count). The first kappa shape index (κ1) is 23.2. The number of methoxy groups -OCH3 is 1. The predicted molar refractivity (Wildman–Crippen MR) is 105 cm³/mol. The summed E-state index contributed by atoms with van der Waals surface area (Å²) in [4.78, 5) is 0.0678. The third kappa shape index (κ3) is 7.04. The van der Waals surface area contributed by atoms with Gasteiger partial charge in [0.15, 0.2) is 0 Å². The quantitative estimate of drug-likeness (QED) is 0.363. The fraction of sp³-hybridized carbons (Fsp3) is 0.429. The van der Waals surface area contributed by atoms with Crippen LogP contribution in [0.2, 0.25) is 0 Å². The Hall–Kier alpha value is -2.06. The Balaban J connectivity index is 1.83. The lowest BCUT2D eigenvalue weighted by atomic mass is 9.92. The lowest BCUT2D eigenvalue weighted by Gasteiger charge is -2.21. The van der Waals surface area contributed by atoms with Gasteiger partial charge in [0, 0.05) is 0 Å². The Labute approximate surface area is 169 Å². The SMILES string of the molecule is COc1cccc([C@@H](CCCCCOS(=O)(=O)c2ccc(C)cc2)C(F)(F)F)c1. The van der Waals surface area contributed by atoms with E-state index in [-0.39, 0.29) is 23.5 Å². The molecule has 0 aliphatic rings. The minimum atomic E-state index is -4.36. The molecule has 0 fully saturated rings. The number of benzene rings is 2. The molecule has 0 radical (unpaired) electrons. The molecule has 0 amide bonds. The van der Waals surface area contributed by atoms with Crippen molar-refractivity contribution < 1.29 is 30.5 Å². The zero-order valence-electron chi connectivity index (χ0n) is 16.4. The average molecular weight is 430 g/mol. The van der Waals surface area contributed by atoms with Gasteiger partial charge >= 0.3 is 6.18 Å². The van der Waals surface area contributed by atoms with Crippen LogP contribution < -0.4 is 4.74 Å². The van der Waals surface area contributed by atoms with Gasteiger partial charge in [0.2, 0.25) is 0 Å². The monoisotopic (exact) mass is 430 g/mol. The minimum absolute atomic E-state index is 0.0634. The highest BCUT2D eigenvalue weighted by Gasteiger charge is 2.40. The molecule has 0 aliphatic carbocycles. The van der Waals surface area contributed by atoms with Crippen LogP contribution >= 0.6 is 0 Å². The van der Waals surface area contributed by atoms with E-state index in [9.17, 15) is 21.6 Å². The lowest BCUT2D eigenvalue weighted by Crippen LogP contribution is -2.21. The molecule has 0 aromatic heterocycles. The van der Waals surface area contributed by atoms with Crippen molar-refractivity contribution in [3.8, 4) is 5.75 Å². The van der Waals surface area contributed by atoms with Gasteiger partial charge in [-0.2, -0.15) is 21.6 Å². The molecular formula is C21H25F3O4S. The van der Waals surface area contributed by atoms with Gasteiger partial charge in [-0.25, -0.2) is 0 Å². The van der Waals surface area contributed by atoms with Crippen LogP contribution in [0.5, 0.6) is 5.75 Å². The van der Waals surface area contributed by atoms with Crippen LogP contribution in [-0.4, -0.2) is 28.3 Å². The van der Waals surface area contributed by atoms with Crippen molar-refractivity contribution in [1.82, 2.24) is 0 Å². The normalized spacial score (nSPS) is 13.3. The third-order valence-corrected chi connectivity index (χ3v) is 5.90. The van der Waals surface area contributed by atoms with Gasteiger partial charge < -0.3 is 4.74 Å². The molecule has 0 saturated heterocycles. The Morgan fingerprint density at radius 2 is 1.69 bits per heavy atom. The second-order valence-corrected chi connectivity index (χ2v) is 8.42. The maximum Gasteiger partial charge on any atom is 0.395 e. The highest BCUT2D eigenvalue weighted by Crippen LogP contribution is 2.39. The molecule has 0 unspecified atom stereocenters. The van der Waals surface area contributed by atoms with Crippen molar-refractivity contribution in [3.05, 3.63) is 59.7 Å². The average Bonchev–Trinajstić information content (AvgIpc) is 2.66. The van der Waals surface area contributed by atoms with Crippen LogP contribution in [-0.2, 0) is 14.3 Å². The predicted octanol–water partition coefficient (Wildman–Crippen LogP) is 5.62. The molecule has 0 bridgehead atoms. The molecule has 0 heterocycles. The van der Waals surface area contributed by atoms with Crippen molar-refractivity contribution in [2.24, 2.45) is 0 Å². The number of aryl methyl sites for hydroxylation is 1. The van der Waals surface area contributed by atoms with E-state index >= 15 is 0 Å². The summed E-state index contributed by atoms with van der Waals surface area (Å²) >= 11 is 0. The van der Waals surface area contributed by atoms with Crippen LogP contribution in [0.3, 0.4) is 0 Å². The van der Waals surface area contributed by atoms with E-state index in [1.165, 1.54) is 37.4 Å². The van der Waals surface area contributed by atoms with Crippen molar-refractivity contribution in [2.75, 3.05) is 13.7 Å². The van der Waals surface area contributed by atoms with Gasteiger partial charge in [0.1, 0.15) is 5.75 Å². The largest absolute Gasteiger partial charge is 0.497 e. The maximum atomic E-state index is 13.4.